The third-order valence-electron chi connectivity index (χ3n) is 3.25. The summed E-state index contributed by atoms with van der Waals surface area (Å²) in [6, 6.07) is 4.63. The highest BCUT2D eigenvalue weighted by Crippen LogP contribution is 2.24. The summed E-state index contributed by atoms with van der Waals surface area (Å²) in [4.78, 5) is 2.73. The summed E-state index contributed by atoms with van der Waals surface area (Å²) < 4.78 is 0. The third kappa shape index (κ3) is 6.23. The first-order valence-corrected chi connectivity index (χ1v) is 7.87. The number of thiophene rings is 1. The van der Waals surface area contributed by atoms with Crippen molar-refractivity contribution < 1.29 is 0 Å². The van der Waals surface area contributed by atoms with E-state index in [1.807, 2.05) is 11.3 Å². The third-order valence-corrected chi connectivity index (χ3v) is 4.38. The van der Waals surface area contributed by atoms with Crippen LogP contribution in [-0.4, -0.2) is 0 Å². The minimum Gasteiger partial charge on any atom is -0.323 e. The monoisotopic (exact) mass is 253 g/mol. The Morgan fingerprint density at radius 2 is 1.71 bits per heavy atom. The topological polar surface area (TPSA) is 26.0 Å². The van der Waals surface area contributed by atoms with Gasteiger partial charge in [0.25, 0.3) is 0 Å². The second kappa shape index (κ2) is 8.71. The summed E-state index contributed by atoms with van der Waals surface area (Å²) in [6.07, 6.45) is 10.7. The van der Waals surface area contributed by atoms with Gasteiger partial charge in [0.05, 0.1) is 0 Å². The van der Waals surface area contributed by atoms with Crippen molar-refractivity contribution in [2.24, 2.45) is 5.73 Å². The average molecular weight is 253 g/mol. The Bertz CT molecular complexity index is 293. The number of hydrogen-bond acceptors (Lipinski definition) is 2. The first kappa shape index (κ1) is 14.7. The Labute approximate surface area is 110 Å². The molecule has 0 fully saturated rings. The summed E-state index contributed by atoms with van der Waals surface area (Å²) >= 11 is 1.85. The van der Waals surface area contributed by atoms with E-state index in [-0.39, 0.29) is 6.04 Å². The SMILES string of the molecule is CCCCCCCCCC(N)c1ccc(C)s1. The molecule has 1 rings (SSSR count). The summed E-state index contributed by atoms with van der Waals surface area (Å²) in [5.74, 6) is 0. The Hall–Kier alpha value is -0.340. The molecule has 0 aromatic carbocycles. The highest BCUT2D eigenvalue weighted by Gasteiger charge is 2.07. The molecule has 1 aromatic heterocycles. The highest BCUT2D eigenvalue weighted by atomic mass is 32.1. The zero-order valence-electron chi connectivity index (χ0n) is 11.4. The van der Waals surface area contributed by atoms with Crippen LogP contribution in [0.4, 0.5) is 0 Å². The first-order chi connectivity index (χ1) is 8.24. The van der Waals surface area contributed by atoms with Crippen LogP contribution in [0.1, 0.15) is 74.1 Å². The van der Waals surface area contributed by atoms with Crippen LogP contribution in [0.15, 0.2) is 12.1 Å². The molecule has 1 nitrogen and oxygen atoms in total. The van der Waals surface area contributed by atoms with Crippen LogP contribution in [0.3, 0.4) is 0 Å². The Morgan fingerprint density at radius 1 is 1.06 bits per heavy atom. The van der Waals surface area contributed by atoms with E-state index < -0.39 is 0 Å². The van der Waals surface area contributed by atoms with Crippen LogP contribution in [0.5, 0.6) is 0 Å². The standard InChI is InChI=1S/C15H27NS/c1-3-4-5-6-7-8-9-10-14(16)15-12-11-13(2)17-15/h11-12,14H,3-10,16H2,1-2H3. The lowest BCUT2D eigenvalue weighted by atomic mass is 10.0. The van der Waals surface area contributed by atoms with E-state index in [4.69, 9.17) is 5.73 Å². The molecule has 0 radical (unpaired) electrons. The lowest BCUT2D eigenvalue weighted by Crippen LogP contribution is -2.08. The molecule has 0 bridgehead atoms. The van der Waals surface area contributed by atoms with E-state index >= 15 is 0 Å². The fourth-order valence-corrected chi connectivity index (χ4v) is 3.03. The Morgan fingerprint density at radius 3 is 2.29 bits per heavy atom. The maximum absolute atomic E-state index is 6.18. The molecular formula is C15H27NS. The van der Waals surface area contributed by atoms with Crippen LogP contribution in [0.25, 0.3) is 0 Å². The van der Waals surface area contributed by atoms with Crippen LogP contribution in [0.2, 0.25) is 0 Å². The van der Waals surface area contributed by atoms with Gasteiger partial charge in [-0.25, -0.2) is 0 Å². The average Bonchev–Trinajstić information content (AvgIpc) is 2.74. The number of nitrogens with two attached hydrogens (primary N) is 1. The van der Waals surface area contributed by atoms with Gasteiger partial charge in [-0.3, -0.25) is 0 Å². The van der Waals surface area contributed by atoms with Gasteiger partial charge < -0.3 is 5.73 Å². The normalized spacial score (nSPS) is 12.9. The van der Waals surface area contributed by atoms with Gasteiger partial charge in [0.15, 0.2) is 0 Å². The fraction of sp³-hybridized carbons (Fsp3) is 0.733. The molecular weight excluding hydrogens is 226 g/mol. The zero-order chi connectivity index (χ0) is 12.5. The van der Waals surface area contributed by atoms with E-state index in [2.05, 4.69) is 26.0 Å². The van der Waals surface area contributed by atoms with Crippen molar-refractivity contribution in [3.05, 3.63) is 21.9 Å². The molecule has 0 aliphatic heterocycles. The molecule has 1 aromatic rings. The van der Waals surface area contributed by atoms with E-state index in [1.54, 1.807) is 0 Å². The molecule has 0 amide bonds. The van der Waals surface area contributed by atoms with Crippen LogP contribution < -0.4 is 5.73 Å². The number of hydrogen-bond donors (Lipinski definition) is 1. The molecule has 2 heteroatoms. The minimum absolute atomic E-state index is 0.268. The molecule has 1 atom stereocenters. The van der Waals surface area contributed by atoms with Crippen LogP contribution in [0, 0.1) is 6.92 Å². The van der Waals surface area contributed by atoms with Crippen molar-refractivity contribution >= 4 is 11.3 Å². The molecule has 0 aliphatic carbocycles. The molecule has 0 saturated heterocycles. The number of unbranched alkanes of at least 4 members (excludes halogenated alkanes) is 6. The molecule has 1 unspecified atom stereocenters. The minimum atomic E-state index is 0.268. The first-order valence-electron chi connectivity index (χ1n) is 7.06. The van der Waals surface area contributed by atoms with Crippen molar-refractivity contribution in [1.82, 2.24) is 0 Å². The smallest absolute Gasteiger partial charge is 0.0389 e. The Kier molecular flexibility index (Phi) is 7.54. The van der Waals surface area contributed by atoms with E-state index in [1.165, 1.54) is 54.7 Å². The van der Waals surface area contributed by atoms with E-state index in [0.717, 1.165) is 6.42 Å². The molecule has 17 heavy (non-hydrogen) atoms. The summed E-state index contributed by atoms with van der Waals surface area (Å²) in [7, 11) is 0. The zero-order valence-corrected chi connectivity index (χ0v) is 12.2. The van der Waals surface area contributed by atoms with E-state index in [9.17, 15) is 0 Å². The second-order valence-electron chi connectivity index (χ2n) is 4.96. The maximum Gasteiger partial charge on any atom is 0.0389 e. The lowest BCUT2D eigenvalue weighted by Gasteiger charge is -2.09. The maximum atomic E-state index is 6.18. The number of aryl methyl sites for hydroxylation is 1. The van der Waals surface area contributed by atoms with Crippen molar-refractivity contribution in [3.8, 4) is 0 Å². The van der Waals surface area contributed by atoms with Gasteiger partial charge in [-0.05, 0) is 25.5 Å². The summed E-state index contributed by atoms with van der Waals surface area (Å²) in [5.41, 5.74) is 6.18. The van der Waals surface area contributed by atoms with Gasteiger partial charge in [-0.1, -0.05) is 51.9 Å². The van der Waals surface area contributed by atoms with E-state index in [0.29, 0.717) is 0 Å². The van der Waals surface area contributed by atoms with Crippen LogP contribution in [-0.2, 0) is 0 Å². The summed E-state index contributed by atoms with van der Waals surface area (Å²) in [5, 5.41) is 0. The fourth-order valence-electron chi connectivity index (χ4n) is 2.12. The van der Waals surface area contributed by atoms with Gasteiger partial charge in [-0.15, -0.1) is 11.3 Å². The van der Waals surface area contributed by atoms with Crippen molar-refractivity contribution in [3.63, 3.8) is 0 Å². The molecule has 98 valence electrons. The van der Waals surface area contributed by atoms with Gasteiger partial charge in [0, 0.05) is 15.8 Å². The molecule has 0 spiro atoms. The largest absolute Gasteiger partial charge is 0.323 e. The second-order valence-corrected chi connectivity index (χ2v) is 6.28. The van der Waals surface area contributed by atoms with Crippen molar-refractivity contribution in [2.45, 2.75) is 71.3 Å². The Balaban J connectivity index is 2.03. The molecule has 0 aliphatic rings. The quantitative estimate of drug-likeness (QED) is 0.602. The van der Waals surface area contributed by atoms with Gasteiger partial charge >= 0.3 is 0 Å². The van der Waals surface area contributed by atoms with Gasteiger partial charge in [-0.2, -0.15) is 0 Å². The van der Waals surface area contributed by atoms with Crippen molar-refractivity contribution in [1.29, 1.82) is 0 Å². The number of rotatable bonds is 9. The predicted molar refractivity (Wildman–Crippen MR) is 78.6 cm³/mol. The van der Waals surface area contributed by atoms with Crippen LogP contribution >= 0.6 is 11.3 Å². The van der Waals surface area contributed by atoms with Crippen molar-refractivity contribution in [2.75, 3.05) is 0 Å². The predicted octanol–water partition coefficient (Wildman–Crippen LogP) is 5.20. The van der Waals surface area contributed by atoms with Gasteiger partial charge in [0.2, 0.25) is 0 Å². The lowest BCUT2D eigenvalue weighted by molar-refractivity contribution is 0.544. The van der Waals surface area contributed by atoms with Gasteiger partial charge in [0.1, 0.15) is 0 Å². The molecule has 1 heterocycles. The molecule has 2 N–H and O–H groups in total. The highest BCUT2D eigenvalue weighted by molar-refractivity contribution is 7.12. The molecule has 0 saturated carbocycles. The summed E-state index contributed by atoms with van der Waals surface area (Å²) in [6.45, 7) is 4.41.